The molecule has 0 radical (unpaired) electrons. The van der Waals surface area contributed by atoms with Gasteiger partial charge in [0.1, 0.15) is 18.1 Å². The molecule has 0 spiro atoms. The van der Waals surface area contributed by atoms with Crippen LogP contribution in [0.3, 0.4) is 0 Å². The highest BCUT2D eigenvalue weighted by molar-refractivity contribution is 6.04. The van der Waals surface area contributed by atoms with Crippen molar-refractivity contribution < 1.29 is 28.9 Å². The van der Waals surface area contributed by atoms with E-state index >= 15 is 4.39 Å². The number of amides is 2. The van der Waals surface area contributed by atoms with Gasteiger partial charge in [0.25, 0.3) is 5.91 Å². The van der Waals surface area contributed by atoms with Crippen molar-refractivity contribution in [2.45, 2.75) is 103 Å². The Kier molecular flexibility index (Phi) is 8.33. The van der Waals surface area contributed by atoms with Gasteiger partial charge in [-0.3, -0.25) is 19.4 Å². The Balaban J connectivity index is 1.21. The first-order valence-corrected chi connectivity index (χ1v) is 14.3. The molecule has 3 fully saturated rings. The molecule has 3 atom stereocenters. The second-order valence-electron chi connectivity index (χ2n) is 12.2. The number of likely N-dealkylation sites (tertiary alicyclic amines) is 2. The summed E-state index contributed by atoms with van der Waals surface area (Å²) >= 11 is 0. The van der Waals surface area contributed by atoms with Gasteiger partial charge >= 0.3 is 0 Å². The minimum Gasteiger partial charge on any atom is -0.384 e. The van der Waals surface area contributed by atoms with Gasteiger partial charge in [-0.1, -0.05) is 18.2 Å². The highest BCUT2D eigenvalue weighted by Gasteiger charge is 2.47. The van der Waals surface area contributed by atoms with Crippen molar-refractivity contribution in [3.05, 3.63) is 58.1 Å². The lowest BCUT2D eigenvalue weighted by atomic mass is 9.96. The molecule has 3 saturated heterocycles. The standard InChI is InChI=1S/C30H41FN4O5/c1-30(2,3)40-20-11-13-34(14-12-20)17-18-7-8-19(22(31)15-18)16-32-23-6-4-5-21-26(23)29(39)35(28(21)38)24-9-10-25(36)33-27(24)37/h5,7-8,15,20,24-25,29,32,36,39H,4,6,9-14,16-17H2,1-3H3,(H,33,37). The number of halogens is 1. The van der Waals surface area contributed by atoms with Gasteiger partial charge in [0, 0.05) is 48.6 Å². The number of nitrogens with one attached hydrogen (secondary N) is 2. The van der Waals surface area contributed by atoms with Crippen LogP contribution in [0.4, 0.5) is 4.39 Å². The van der Waals surface area contributed by atoms with Crippen molar-refractivity contribution in [1.29, 1.82) is 0 Å². The summed E-state index contributed by atoms with van der Waals surface area (Å²) in [5, 5.41) is 26.5. The Bertz CT molecular complexity index is 1200. The highest BCUT2D eigenvalue weighted by Crippen LogP contribution is 2.38. The van der Waals surface area contributed by atoms with E-state index in [1.54, 1.807) is 18.2 Å². The van der Waals surface area contributed by atoms with Gasteiger partial charge in [-0.2, -0.15) is 0 Å². The zero-order chi connectivity index (χ0) is 28.6. The number of hydrogen-bond donors (Lipinski definition) is 4. The molecule has 218 valence electrons. The van der Waals surface area contributed by atoms with E-state index < -0.39 is 30.3 Å². The van der Waals surface area contributed by atoms with E-state index in [1.165, 1.54) is 4.90 Å². The Morgan fingerprint density at radius 2 is 1.88 bits per heavy atom. The highest BCUT2D eigenvalue weighted by atomic mass is 19.1. The van der Waals surface area contributed by atoms with Gasteiger partial charge in [0.2, 0.25) is 5.91 Å². The zero-order valence-electron chi connectivity index (χ0n) is 23.6. The molecule has 40 heavy (non-hydrogen) atoms. The molecular weight excluding hydrogens is 515 g/mol. The second-order valence-corrected chi connectivity index (χ2v) is 12.2. The van der Waals surface area contributed by atoms with Gasteiger partial charge in [-0.15, -0.1) is 0 Å². The smallest absolute Gasteiger partial charge is 0.257 e. The lowest BCUT2D eigenvalue weighted by Crippen LogP contribution is -2.56. The molecule has 9 nitrogen and oxygen atoms in total. The molecule has 1 aliphatic carbocycles. The van der Waals surface area contributed by atoms with Crippen LogP contribution in [-0.2, 0) is 27.4 Å². The third kappa shape index (κ3) is 6.25. The second kappa shape index (κ2) is 11.6. The predicted octanol–water partition coefficient (Wildman–Crippen LogP) is 2.43. The Morgan fingerprint density at radius 3 is 2.55 bits per heavy atom. The third-order valence-electron chi connectivity index (χ3n) is 8.08. The summed E-state index contributed by atoms with van der Waals surface area (Å²) in [5.41, 5.74) is 2.79. The summed E-state index contributed by atoms with van der Waals surface area (Å²) in [6.07, 6.45) is 3.49. The molecule has 1 aromatic rings. The molecule has 3 aliphatic heterocycles. The molecule has 0 saturated carbocycles. The third-order valence-corrected chi connectivity index (χ3v) is 8.08. The van der Waals surface area contributed by atoms with Crippen LogP contribution >= 0.6 is 0 Å². The summed E-state index contributed by atoms with van der Waals surface area (Å²) in [7, 11) is 0. The van der Waals surface area contributed by atoms with Gasteiger partial charge in [-0.05, 0) is 70.9 Å². The number of nitrogens with zero attached hydrogens (tertiary/aromatic N) is 2. The van der Waals surface area contributed by atoms with Crippen molar-refractivity contribution in [3.63, 3.8) is 0 Å². The van der Waals surface area contributed by atoms with Crippen LogP contribution in [0.25, 0.3) is 0 Å². The number of ether oxygens (including phenoxy) is 1. The monoisotopic (exact) mass is 556 g/mol. The lowest BCUT2D eigenvalue weighted by molar-refractivity contribution is -0.147. The normalized spacial score (nSPS) is 26.6. The van der Waals surface area contributed by atoms with Crippen molar-refractivity contribution in [3.8, 4) is 0 Å². The number of piperidine rings is 2. The molecule has 0 aromatic heterocycles. The average molecular weight is 557 g/mol. The Labute approximate surface area is 235 Å². The van der Waals surface area contributed by atoms with E-state index in [0.717, 1.165) is 31.5 Å². The molecule has 3 heterocycles. The number of aliphatic hydroxyl groups excluding tert-OH is 2. The number of aliphatic hydroxyl groups is 2. The number of carbonyl (C=O) groups excluding carboxylic acids is 2. The first-order valence-electron chi connectivity index (χ1n) is 14.3. The maximum atomic E-state index is 15.1. The molecule has 4 N–H and O–H groups in total. The van der Waals surface area contributed by atoms with Crippen molar-refractivity contribution in [1.82, 2.24) is 20.4 Å². The maximum absolute atomic E-state index is 15.1. The lowest BCUT2D eigenvalue weighted by Gasteiger charge is -2.35. The van der Waals surface area contributed by atoms with E-state index in [9.17, 15) is 19.8 Å². The van der Waals surface area contributed by atoms with Crippen LogP contribution in [-0.4, -0.2) is 75.1 Å². The maximum Gasteiger partial charge on any atom is 0.257 e. The molecule has 0 bridgehead atoms. The number of fused-ring (bicyclic) bond motifs is 1. The summed E-state index contributed by atoms with van der Waals surface area (Å²) in [4.78, 5) is 29.1. The van der Waals surface area contributed by atoms with Crippen LogP contribution in [0.15, 0.2) is 41.1 Å². The molecule has 2 amide bonds. The quantitative estimate of drug-likeness (QED) is 0.408. The fraction of sp³-hybridized carbons (Fsp3) is 0.600. The molecular formula is C30H41FN4O5. The number of benzene rings is 1. The first-order chi connectivity index (χ1) is 19.0. The summed E-state index contributed by atoms with van der Waals surface area (Å²) < 4.78 is 21.2. The first kappa shape index (κ1) is 28.7. The minimum atomic E-state index is -1.28. The predicted molar refractivity (Wildman–Crippen MR) is 147 cm³/mol. The topological polar surface area (TPSA) is 114 Å². The van der Waals surface area contributed by atoms with Gasteiger partial charge in [0.15, 0.2) is 6.23 Å². The zero-order valence-corrected chi connectivity index (χ0v) is 23.6. The summed E-state index contributed by atoms with van der Waals surface area (Å²) in [6, 6.07) is 4.48. The van der Waals surface area contributed by atoms with Crippen LogP contribution < -0.4 is 10.6 Å². The fourth-order valence-corrected chi connectivity index (χ4v) is 6.17. The molecule has 1 aromatic carbocycles. The molecule has 5 rings (SSSR count). The number of rotatable bonds is 7. The van der Waals surface area contributed by atoms with Crippen LogP contribution in [0, 0.1) is 5.82 Å². The Hall–Kier alpha value is -2.79. The Morgan fingerprint density at radius 1 is 1.12 bits per heavy atom. The van der Waals surface area contributed by atoms with Crippen LogP contribution in [0.1, 0.15) is 70.4 Å². The van der Waals surface area contributed by atoms with E-state index in [4.69, 9.17) is 4.74 Å². The van der Waals surface area contributed by atoms with Gasteiger partial charge in [0.05, 0.1) is 11.7 Å². The number of hydrogen-bond acceptors (Lipinski definition) is 7. The van der Waals surface area contributed by atoms with E-state index in [2.05, 4.69) is 36.3 Å². The van der Waals surface area contributed by atoms with Crippen LogP contribution in [0.5, 0.6) is 0 Å². The van der Waals surface area contributed by atoms with E-state index in [-0.39, 0.29) is 30.5 Å². The summed E-state index contributed by atoms with van der Waals surface area (Å²) in [5.74, 6) is -1.18. The van der Waals surface area contributed by atoms with E-state index in [0.29, 0.717) is 48.2 Å². The largest absolute Gasteiger partial charge is 0.384 e. The molecule has 3 unspecified atom stereocenters. The number of allylic oxidation sites excluding steroid dienone is 2. The van der Waals surface area contributed by atoms with Crippen molar-refractivity contribution in [2.24, 2.45) is 0 Å². The SMILES string of the molecule is CC(C)(C)OC1CCN(Cc2ccc(CNC3=C4C(=CCC3)C(=O)N(C3CCC(O)NC3=O)C4O)c(F)c2)CC1. The van der Waals surface area contributed by atoms with Gasteiger partial charge in [-0.25, -0.2) is 4.39 Å². The molecule has 4 aliphatic rings. The summed E-state index contributed by atoms with van der Waals surface area (Å²) in [6.45, 7) is 8.96. The van der Waals surface area contributed by atoms with Crippen LogP contribution in [0.2, 0.25) is 0 Å². The molecule has 10 heteroatoms. The van der Waals surface area contributed by atoms with Crippen molar-refractivity contribution >= 4 is 11.8 Å². The number of carbonyl (C=O) groups is 2. The fourth-order valence-electron chi connectivity index (χ4n) is 6.17. The van der Waals surface area contributed by atoms with E-state index in [1.807, 2.05) is 6.07 Å². The van der Waals surface area contributed by atoms with Crippen molar-refractivity contribution in [2.75, 3.05) is 13.1 Å². The minimum absolute atomic E-state index is 0.146. The average Bonchev–Trinajstić information content (AvgIpc) is 3.14. The van der Waals surface area contributed by atoms with Gasteiger partial charge < -0.3 is 25.6 Å².